The van der Waals surface area contributed by atoms with E-state index in [2.05, 4.69) is 0 Å². The molecule has 0 saturated heterocycles. The van der Waals surface area contributed by atoms with Crippen molar-refractivity contribution in [3.8, 4) is 0 Å². The molecule has 0 radical (unpaired) electrons. The monoisotopic (exact) mass is 170 g/mol. The van der Waals surface area contributed by atoms with Crippen LogP contribution < -0.4 is 5.46 Å². The fraction of sp³-hybridized carbons (Fsp3) is 0. The highest BCUT2D eigenvalue weighted by atomic mass is 19.1. The third kappa shape index (κ3) is 7.27. The summed E-state index contributed by atoms with van der Waals surface area (Å²) in [4.78, 5) is 0. The van der Waals surface area contributed by atoms with Crippen LogP contribution in [0.15, 0.2) is 24.3 Å². The predicted molar refractivity (Wildman–Crippen MR) is 47.0 cm³/mol. The van der Waals surface area contributed by atoms with Crippen LogP contribution in [0, 0.1) is 5.82 Å². The molecular formula is C6H9B2FO3. The minimum absolute atomic E-state index is 0.171. The van der Waals surface area contributed by atoms with Crippen LogP contribution in [-0.4, -0.2) is 30.2 Å². The van der Waals surface area contributed by atoms with Gasteiger partial charge in [-0.2, -0.15) is 0 Å². The van der Waals surface area contributed by atoms with E-state index in [1.165, 1.54) is 12.1 Å². The highest BCUT2D eigenvalue weighted by Crippen LogP contribution is 1.89. The quantitative estimate of drug-likeness (QED) is 0.395. The fourth-order valence-corrected chi connectivity index (χ4v) is 0.533. The molecule has 6 heteroatoms. The molecule has 0 heterocycles. The van der Waals surface area contributed by atoms with Crippen molar-refractivity contribution in [1.82, 2.24) is 0 Å². The Hall–Kier alpha value is -0.840. The molecule has 64 valence electrons. The molecule has 3 nitrogen and oxygen atoms in total. The number of halogens is 1. The van der Waals surface area contributed by atoms with E-state index in [4.69, 9.17) is 15.1 Å². The van der Waals surface area contributed by atoms with E-state index in [0.717, 1.165) is 5.46 Å². The van der Waals surface area contributed by atoms with Gasteiger partial charge >= 0.3 is 7.32 Å². The molecule has 0 fully saturated rings. The lowest BCUT2D eigenvalue weighted by atomic mass is 9.97. The second kappa shape index (κ2) is 5.77. The highest BCUT2D eigenvalue weighted by molar-refractivity contribution is 6.32. The van der Waals surface area contributed by atoms with Crippen LogP contribution in [0.25, 0.3) is 0 Å². The van der Waals surface area contributed by atoms with Gasteiger partial charge in [0, 0.05) is 0 Å². The first-order valence-electron chi connectivity index (χ1n) is 3.28. The lowest BCUT2D eigenvalue weighted by molar-refractivity contribution is 0.278. The number of hydrogen-bond acceptors (Lipinski definition) is 3. The van der Waals surface area contributed by atoms with Crippen molar-refractivity contribution in [2.75, 3.05) is 0 Å². The summed E-state index contributed by atoms with van der Waals surface area (Å²) in [5, 5.41) is 21.5. The van der Waals surface area contributed by atoms with E-state index in [1.807, 2.05) is 7.85 Å². The van der Waals surface area contributed by atoms with Crippen LogP contribution in [0.5, 0.6) is 0 Å². The van der Waals surface area contributed by atoms with Crippen molar-refractivity contribution in [2.45, 2.75) is 0 Å². The average molecular weight is 170 g/mol. The molecule has 12 heavy (non-hydrogen) atoms. The fourth-order valence-electron chi connectivity index (χ4n) is 0.533. The van der Waals surface area contributed by atoms with Crippen molar-refractivity contribution in [2.24, 2.45) is 0 Å². The maximum atomic E-state index is 12.1. The zero-order chi connectivity index (χ0) is 9.56. The number of benzene rings is 1. The van der Waals surface area contributed by atoms with Gasteiger partial charge in [-0.1, -0.05) is 17.6 Å². The first-order chi connectivity index (χ1) is 5.52. The molecule has 1 rings (SSSR count). The summed E-state index contributed by atoms with van der Waals surface area (Å²) in [6, 6.07) is 6.40. The largest absolute Gasteiger partial charge is 0.631 e. The lowest BCUT2D eigenvalue weighted by Gasteiger charge is -1.87. The molecule has 1 aromatic rings. The molecule has 0 aromatic heterocycles. The smallest absolute Gasteiger partial charge is 0.402 e. The Bertz CT molecular complexity index is 191. The van der Waals surface area contributed by atoms with E-state index in [9.17, 15) is 4.39 Å². The molecule has 0 unspecified atom stereocenters. The van der Waals surface area contributed by atoms with Crippen molar-refractivity contribution in [1.29, 1.82) is 0 Å². The van der Waals surface area contributed by atoms with Crippen LogP contribution >= 0.6 is 0 Å². The summed E-state index contributed by atoms with van der Waals surface area (Å²) in [5.41, 5.74) is 1.09. The number of rotatable bonds is 0. The molecule has 3 N–H and O–H groups in total. The normalized spacial score (nSPS) is 8.33. The zero-order valence-corrected chi connectivity index (χ0v) is 6.61. The molecule has 0 spiro atoms. The molecule has 0 saturated carbocycles. The topological polar surface area (TPSA) is 60.7 Å². The minimum atomic E-state index is -2.17. The van der Waals surface area contributed by atoms with Crippen molar-refractivity contribution in [3.63, 3.8) is 0 Å². The number of hydrogen-bond donors (Lipinski definition) is 3. The zero-order valence-electron chi connectivity index (χ0n) is 6.61. The summed E-state index contributed by atoms with van der Waals surface area (Å²) in [5.74, 6) is -0.171. The molecule has 0 bridgehead atoms. The summed E-state index contributed by atoms with van der Waals surface area (Å²) in [6.07, 6.45) is 0. The molecule has 0 aliphatic rings. The van der Waals surface area contributed by atoms with E-state index < -0.39 is 7.32 Å². The van der Waals surface area contributed by atoms with Crippen LogP contribution in [0.2, 0.25) is 0 Å². The Labute approximate surface area is 71.1 Å². The SMILES string of the molecule is Bc1ccc(F)cc1.OB(O)O. The Morgan fingerprint density at radius 3 is 1.67 bits per heavy atom. The van der Waals surface area contributed by atoms with E-state index in [1.54, 1.807) is 12.1 Å². The summed E-state index contributed by atoms with van der Waals surface area (Å²) >= 11 is 0. The molecule has 1 aromatic carbocycles. The van der Waals surface area contributed by atoms with Gasteiger partial charge in [-0.15, -0.1) is 0 Å². The standard InChI is InChI=1S/C6H6BF.BH3O3/c7-5-1-3-6(8)4-2-5;2-1(3)4/h1-4H,7H2;2-4H. The van der Waals surface area contributed by atoms with Gasteiger partial charge in [-0.3, -0.25) is 0 Å². The third-order valence-corrected chi connectivity index (χ3v) is 1.01. The molecular weight excluding hydrogens is 161 g/mol. The van der Waals surface area contributed by atoms with E-state index >= 15 is 0 Å². The van der Waals surface area contributed by atoms with Crippen LogP contribution in [0.3, 0.4) is 0 Å². The first-order valence-corrected chi connectivity index (χ1v) is 3.28. The Balaban J connectivity index is 0.000000261. The molecule has 0 atom stereocenters. The van der Waals surface area contributed by atoms with Gasteiger partial charge in [0.2, 0.25) is 0 Å². The molecule has 0 amide bonds. The third-order valence-electron chi connectivity index (χ3n) is 1.01. The van der Waals surface area contributed by atoms with Gasteiger partial charge < -0.3 is 15.1 Å². The summed E-state index contributed by atoms with van der Waals surface area (Å²) in [7, 11) is -0.237. The predicted octanol–water partition coefficient (Wildman–Crippen LogP) is -1.97. The summed E-state index contributed by atoms with van der Waals surface area (Å²) < 4.78 is 12.1. The second-order valence-electron chi connectivity index (χ2n) is 2.14. The molecule has 0 aliphatic heterocycles. The van der Waals surface area contributed by atoms with Gasteiger partial charge in [0.25, 0.3) is 0 Å². The summed E-state index contributed by atoms with van der Waals surface area (Å²) in [6.45, 7) is 0. The Morgan fingerprint density at radius 2 is 1.42 bits per heavy atom. The van der Waals surface area contributed by atoms with Crippen molar-refractivity contribution < 1.29 is 19.5 Å². The maximum Gasteiger partial charge on any atom is 0.631 e. The van der Waals surface area contributed by atoms with E-state index in [0.29, 0.717) is 0 Å². The Morgan fingerprint density at radius 1 is 1.08 bits per heavy atom. The van der Waals surface area contributed by atoms with Crippen molar-refractivity contribution in [3.05, 3.63) is 30.1 Å². The molecule has 0 aliphatic carbocycles. The second-order valence-corrected chi connectivity index (χ2v) is 2.14. The maximum absolute atomic E-state index is 12.1. The van der Waals surface area contributed by atoms with Gasteiger partial charge in [0.15, 0.2) is 0 Å². The Kier molecular flexibility index (Phi) is 5.36. The van der Waals surface area contributed by atoms with E-state index in [-0.39, 0.29) is 5.82 Å². The van der Waals surface area contributed by atoms with Gasteiger partial charge in [-0.25, -0.2) is 4.39 Å². The van der Waals surface area contributed by atoms with Crippen molar-refractivity contribution >= 4 is 20.6 Å². The van der Waals surface area contributed by atoms with Crippen LogP contribution in [0.4, 0.5) is 4.39 Å². The van der Waals surface area contributed by atoms with Gasteiger partial charge in [-0.05, 0) is 12.1 Å². The lowest BCUT2D eigenvalue weighted by Crippen LogP contribution is -2.07. The van der Waals surface area contributed by atoms with Crippen LogP contribution in [0.1, 0.15) is 0 Å². The minimum Gasteiger partial charge on any atom is -0.402 e. The van der Waals surface area contributed by atoms with Gasteiger partial charge in [0.1, 0.15) is 13.7 Å². The van der Waals surface area contributed by atoms with Crippen LogP contribution in [-0.2, 0) is 0 Å². The highest BCUT2D eigenvalue weighted by Gasteiger charge is 1.92. The first kappa shape index (κ1) is 11.2. The average Bonchev–Trinajstić information content (AvgIpc) is 1.94. The van der Waals surface area contributed by atoms with Gasteiger partial charge in [0.05, 0.1) is 0 Å².